The highest BCUT2D eigenvalue weighted by Crippen LogP contribution is 2.18. The third-order valence-corrected chi connectivity index (χ3v) is 4.36. The summed E-state index contributed by atoms with van der Waals surface area (Å²) in [6, 6.07) is 6.07. The number of rotatable bonds is 5. The highest BCUT2D eigenvalue weighted by Gasteiger charge is 2.19. The van der Waals surface area contributed by atoms with E-state index in [9.17, 15) is 0 Å². The Kier molecular flexibility index (Phi) is 4.62. The van der Waals surface area contributed by atoms with Gasteiger partial charge in [0.25, 0.3) is 0 Å². The van der Waals surface area contributed by atoms with E-state index in [1.165, 1.54) is 0 Å². The van der Waals surface area contributed by atoms with Gasteiger partial charge in [-0.05, 0) is 19.1 Å². The molecule has 1 aliphatic heterocycles. The minimum Gasteiger partial charge on any atom is -0.360 e. The van der Waals surface area contributed by atoms with Crippen molar-refractivity contribution in [2.24, 2.45) is 0 Å². The summed E-state index contributed by atoms with van der Waals surface area (Å²) in [4.78, 5) is 9.17. The first-order valence-corrected chi connectivity index (χ1v) is 8.11. The zero-order valence-corrected chi connectivity index (χ0v) is 13.0. The van der Waals surface area contributed by atoms with E-state index >= 15 is 0 Å². The lowest BCUT2D eigenvalue weighted by molar-refractivity contribution is 0.248. The first kappa shape index (κ1) is 14.2. The highest BCUT2D eigenvalue weighted by atomic mass is 32.1. The van der Waals surface area contributed by atoms with Crippen molar-refractivity contribution in [3.63, 3.8) is 0 Å². The summed E-state index contributed by atoms with van der Waals surface area (Å²) in [6.07, 6.45) is 1.85. The average Bonchev–Trinajstić information content (AvgIpc) is 2.97. The van der Waals surface area contributed by atoms with Crippen molar-refractivity contribution < 1.29 is 0 Å². The molecule has 0 aromatic carbocycles. The summed E-state index contributed by atoms with van der Waals surface area (Å²) in [5.41, 5.74) is 0. The van der Waals surface area contributed by atoms with Crippen LogP contribution in [0.4, 0.5) is 10.9 Å². The lowest BCUT2D eigenvalue weighted by atomic mass is 10.3. The van der Waals surface area contributed by atoms with Crippen LogP contribution in [0.25, 0.3) is 0 Å². The van der Waals surface area contributed by atoms with Gasteiger partial charge in [0.15, 0.2) is 0 Å². The van der Waals surface area contributed by atoms with Gasteiger partial charge in [-0.25, -0.2) is 4.98 Å². The minimum atomic E-state index is 0.886. The van der Waals surface area contributed by atoms with Crippen LogP contribution in [-0.4, -0.2) is 52.8 Å². The molecule has 1 saturated heterocycles. The van der Waals surface area contributed by atoms with Gasteiger partial charge < -0.3 is 10.2 Å². The Bertz CT molecular complexity index is 550. The molecular weight excluding hydrogens is 284 g/mol. The fourth-order valence-electron chi connectivity index (χ4n) is 2.41. The lowest BCUT2D eigenvalue weighted by Crippen LogP contribution is -2.46. The molecule has 2 aromatic heterocycles. The summed E-state index contributed by atoms with van der Waals surface area (Å²) in [6.45, 7) is 7.93. The molecule has 1 N–H and O–H groups in total. The fraction of sp³-hybridized carbons (Fsp3) is 0.500. The molecule has 1 aliphatic rings. The molecule has 0 aliphatic carbocycles. The topological polar surface area (TPSA) is 57.2 Å². The molecule has 0 radical (unpaired) electrons. The predicted molar refractivity (Wildman–Crippen MR) is 85.8 cm³/mol. The van der Waals surface area contributed by atoms with E-state index in [0.29, 0.717) is 0 Å². The largest absolute Gasteiger partial charge is 0.360 e. The van der Waals surface area contributed by atoms with Crippen LogP contribution in [0.3, 0.4) is 0 Å². The van der Waals surface area contributed by atoms with Gasteiger partial charge in [0, 0.05) is 38.9 Å². The smallest absolute Gasteiger partial charge is 0.205 e. The van der Waals surface area contributed by atoms with Crippen LogP contribution in [0, 0.1) is 0 Å². The molecule has 2 aromatic rings. The average molecular weight is 304 g/mol. The van der Waals surface area contributed by atoms with Crippen molar-refractivity contribution in [3.8, 4) is 0 Å². The molecule has 6 nitrogen and oxygen atoms in total. The van der Waals surface area contributed by atoms with Gasteiger partial charge in [-0.3, -0.25) is 4.90 Å². The van der Waals surface area contributed by atoms with Gasteiger partial charge in [-0.2, -0.15) is 0 Å². The number of hydrogen-bond acceptors (Lipinski definition) is 7. The molecule has 1 fully saturated rings. The van der Waals surface area contributed by atoms with Crippen molar-refractivity contribution in [2.75, 3.05) is 42.9 Å². The molecule has 0 bridgehead atoms. The second kappa shape index (κ2) is 6.82. The van der Waals surface area contributed by atoms with Crippen LogP contribution in [0.15, 0.2) is 24.4 Å². The Morgan fingerprint density at radius 2 is 2.05 bits per heavy atom. The number of pyridine rings is 1. The number of aromatic nitrogens is 3. The van der Waals surface area contributed by atoms with Gasteiger partial charge >= 0.3 is 0 Å². The predicted octanol–water partition coefficient (Wildman–Crippen LogP) is 1.69. The van der Waals surface area contributed by atoms with E-state index < -0.39 is 0 Å². The Morgan fingerprint density at radius 1 is 1.19 bits per heavy atom. The van der Waals surface area contributed by atoms with Crippen molar-refractivity contribution in [1.82, 2.24) is 20.1 Å². The van der Waals surface area contributed by atoms with Gasteiger partial charge in [0.1, 0.15) is 10.8 Å². The van der Waals surface area contributed by atoms with Crippen molar-refractivity contribution >= 4 is 22.3 Å². The molecule has 0 spiro atoms. The second-order valence-corrected chi connectivity index (χ2v) is 6.04. The van der Waals surface area contributed by atoms with Crippen molar-refractivity contribution in [1.29, 1.82) is 0 Å². The summed E-state index contributed by atoms with van der Waals surface area (Å²) >= 11 is 1.65. The summed E-state index contributed by atoms with van der Waals surface area (Å²) < 4.78 is 0. The summed E-state index contributed by atoms with van der Waals surface area (Å²) in [5, 5.41) is 13.6. The minimum absolute atomic E-state index is 0.886. The van der Waals surface area contributed by atoms with Crippen molar-refractivity contribution in [3.05, 3.63) is 29.4 Å². The van der Waals surface area contributed by atoms with Crippen LogP contribution in [0.1, 0.15) is 11.9 Å². The van der Waals surface area contributed by atoms with Gasteiger partial charge in [0.05, 0.1) is 6.54 Å². The first-order valence-electron chi connectivity index (χ1n) is 7.29. The third kappa shape index (κ3) is 3.68. The van der Waals surface area contributed by atoms with Crippen LogP contribution >= 0.6 is 11.3 Å². The second-order valence-electron chi connectivity index (χ2n) is 4.98. The molecule has 21 heavy (non-hydrogen) atoms. The number of nitrogens with zero attached hydrogens (tertiary/aromatic N) is 5. The van der Waals surface area contributed by atoms with E-state index in [2.05, 4.69) is 43.3 Å². The Morgan fingerprint density at radius 3 is 2.76 bits per heavy atom. The van der Waals surface area contributed by atoms with Crippen LogP contribution < -0.4 is 10.2 Å². The third-order valence-electron chi connectivity index (χ3n) is 3.50. The molecule has 3 rings (SSSR count). The molecule has 0 saturated carbocycles. The van der Waals surface area contributed by atoms with Gasteiger partial charge in [-0.1, -0.05) is 17.4 Å². The molecule has 7 heteroatoms. The van der Waals surface area contributed by atoms with E-state index in [4.69, 9.17) is 0 Å². The number of piperazine rings is 1. The van der Waals surface area contributed by atoms with E-state index in [1.54, 1.807) is 11.3 Å². The summed E-state index contributed by atoms with van der Waals surface area (Å²) in [5.74, 6) is 1.07. The molecule has 0 unspecified atom stereocenters. The Labute approximate surface area is 128 Å². The standard InChI is InChI=1S/C14H20N6S/c1-2-15-14-18-17-13(21-14)11-19-7-9-20(10-8-19)12-5-3-4-6-16-12/h3-6H,2,7-11H2,1H3,(H,15,18). The zero-order chi connectivity index (χ0) is 14.5. The SMILES string of the molecule is CCNc1nnc(CN2CCN(c3ccccn3)CC2)s1. The molecule has 0 atom stereocenters. The lowest BCUT2D eigenvalue weighted by Gasteiger charge is -2.34. The number of hydrogen-bond donors (Lipinski definition) is 1. The zero-order valence-electron chi connectivity index (χ0n) is 12.2. The first-order chi connectivity index (χ1) is 10.3. The molecule has 3 heterocycles. The molecular formula is C14H20N6S. The van der Waals surface area contributed by atoms with Gasteiger partial charge in [0.2, 0.25) is 5.13 Å². The Hall–Kier alpha value is -1.73. The van der Waals surface area contributed by atoms with Gasteiger partial charge in [-0.15, -0.1) is 10.2 Å². The monoisotopic (exact) mass is 304 g/mol. The van der Waals surface area contributed by atoms with E-state index in [0.717, 1.165) is 55.2 Å². The quantitative estimate of drug-likeness (QED) is 0.907. The van der Waals surface area contributed by atoms with Crippen LogP contribution in [0.5, 0.6) is 0 Å². The van der Waals surface area contributed by atoms with E-state index in [-0.39, 0.29) is 0 Å². The van der Waals surface area contributed by atoms with Crippen LogP contribution in [0.2, 0.25) is 0 Å². The maximum Gasteiger partial charge on any atom is 0.205 e. The highest BCUT2D eigenvalue weighted by molar-refractivity contribution is 7.15. The molecule has 112 valence electrons. The maximum absolute atomic E-state index is 4.41. The van der Waals surface area contributed by atoms with Crippen molar-refractivity contribution in [2.45, 2.75) is 13.5 Å². The maximum atomic E-state index is 4.41. The number of anilines is 2. The van der Waals surface area contributed by atoms with E-state index in [1.807, 2.05) is 18.3 Å². The summed E-state index contributed by atoms with van der Waals surface area (Å²) in [7, 11) is 0. The fourth-order valence-corrected chi connectivity index (χ4v) is 3.26. The van der Waals surface area contributed by atoms with Crippen LogP contribution in [-0.2, 0) is 6.54 Å². The molecule has 0 amide bonds. The number of nitrogens with one attached hydrogen (secondary N) is 1. The normalized spacial score (nSPS) is 16.1. The Balaban J connectivity index is 1.51.